The Morgan fingerprint density at radius 1 is 1.21 bits per heavy atom. The largest absolute Gasteiger partial charge is 0.385 e. The SMILES string of the molecule is O=C(CCCNc1ccc([N+](=O)[O-])cc1)NCCCOCC1CC1. The summed E-state index contributed by atoms with van der Waals surface area (Å²) >= 11 is 0. The summed E-state index contributed by atoms with van der Waals surface area (Å²) in [4.78, 5) is 21.8. The van der Waals surface area contributed by atoms with Gasteiger partial charge in [0.05, 0.1) is 4.92 Å². The number of non-ortho nitro benzene ring substituents is 1. The average molecular weight is 335 g/mol. The van der Waals surface area contributed by atoms with E-state index in [1.54, 1.807) is 12.1 Å². The van der Waals surface area contributed by atoms with E-state index in [4.69, 9.17) is 4.74 Å². The lowest BCUT2D eigenvalue weighted by Gasteiger charge is -2.07. The highest BCUT2D eigenvalue weighted by molar-refractivity contribution is 5.75. The first-order valence-corrected chi connectivity index (χ1v) is 8.48. The maximum Gasteiger partial charge on any atom is 0.269 e. The van der Waals surface area contributed by atoms with Crippen molar-refractivity contribution in [3.8, 4) is 0 Å². The first-order chi connectivity index (χ1) is 11.6. The van der Waals surface area contributed by atoms with Gasteiger partial charge in [-0.05, 0) is 43.7 Å². The van der Waals surface area contributed by atoms with Crippen LogP contribution in [0.25, 0.3) is 0 Å². The average Bonchev–Trinajstić information content (AvgIpc) is 3.39. The van der Waals surface area contributed by atoms with Gasteiger partial charge in [-0.3, -0.25) is 14.9 Å². The summed E-state index contributed by atoms with van der Waals surface area (Å²) in [5.74, 6) is 0.825. The van der Waals surface area contributed by atoms with Gasteiger partial charge in [-0.25, -0.2) is 0 Å². The number of benzene rings is 1. The number of carbonyl (C=O) groups is 1. The third-order valence-electron chi connectivity index (χ3n) is 3.83. The zero-order chi connectivity index (χ0) is 17.2. The number of rotatable bonds is 12. The fourth-order valence-electron chi connectivity index (χ4n) is 2.21. The molecule has 2 rings (SSSR count). The highest BCUT2D eigenvalue weighted by Crippen LogP contribution is 2.28. The summed E-state index contributed by atoms with van der Waals surface area (Å²) < 4.78 is 5.51. The molecule has 1 aliphatic rings. The quantitative estimate of drug-likeness (QED) is 0.348. The molecule has 24 heavy (non-hydrogen) atoms. The maximum atomic E-state index is 11.7. The van der Waals surface area contributed by atoms with Gasteiger partial charge in [0.15, 0.2) is 0 Å². The first-order valence-electron chi connectivity index (χ1n) is 8.48. The van der Waals surface area contributed by atoms with Gasteiger partial charge in [0, 0.05) is 50.5 Å². The van der Waals surface area contributed by atoms with Crippen LogP contribution in [0.5, 0.6) is 0 Å². The van der Waals surface area contributed by atoms with Crippen molar-refractivity contribution in [1.29, 1.82) is 0 Å². The van der Waals surface area contributed by atoms with Gasteiger partial charge in [-0.2, -0.15) is 0 Å². The third-order valence-corrected chi connectivity index (χ3v) is 3.83. The van der Waals surface area contributed by atoms with Crippen LogP contribution in [-0.4, -0.2) is 37.1 Å². The first kappa shape index (κ1) is 18.2. The monoisotopic (exact) mass is 335 g/mol. The molecule has 0 aliphatic heterocycles. The number of hydrogen-bond acceptors (Lipinski definition) is 5. The number of nitrogens with zero attached hydrogens (tertiary/aromatic N) is 1. The third kappa shape index (κ3) is 7.41. The lowest BCUT2D eigenvalue weighted by molar-refractivity contribution is -0.384. The Balaban J connectivity index is 1.45. The van der Waals surface area contributed by atoms with E-state index in [0.717, 1.165) is 24.6 Å². The number of carbonyl (C=O) groups excluding carboxylic acids is 1. The molecule has 7 nitrogen and oxygen atoms in total. The van der Waals surface area contributed by atoms with Gasteiger partial charge in [-0.1, -0.05) is 0 Å². The second-order valence-electron chi connectivity index (χ2n) is 6.06. The van der Waals surface area contributed by atoms with E-state index in [0.29, 0.717) is 32.5 Å². The van der Waals surface area contributed by atoms with Crippen molar-refractivity contribution in [2.24, 2.45) is 5.92 Å². The number of anilines is 1. The van der Waals surface area contributed by atoms with Crippen LogP contribution in [0.1, 0.15) is 32.1 Å². The Morgan fingerprint density at radius 2 is 1.96 bits per heavy atom. The summed E-state index contributed by atoms with van der Waals surface area (Å²) in [5, 5.41) is 16.6. The lowest BCUT2D eigenvalue weighted by atomic mass is 10.2. The predicted octanol–water partition coefficient (Wildman–Crippen LogP) is 2.72. The summed E-state index contributed by atoms with van der Waals surface area (Å²) in [5.41, 5.74) is 0.884. The van der Waals surface area contributed by atoms with Crippen LogP contribution < -0.4 is 10.6 Å². The van der Waals surface area contributed by atoms with Crippen LogP contribution in [-0.2, 0) is 9.53 Å². The number of nitro groups is 1. The van der Waals surface area contributed by atoms with Crippen LogP contribution in [0.4, 0.5) is 11.4 Å². The van der Waals surface area contributed by atoms with Crippen LogP contribution >= 0.6 is 0 Å². The van der Waals surface area contributed by atoms with Crippen molar-refractivity contribution in [3.63, 3.8) is 0 Å². The zero-order valence-corrected chi connectivity index (χ0v) is 13.8. The topological polar surface area (TPSA) is 93.5 Å². The Labute approximate surface area is 141 Å². The molecule has 0 spiro atoms. The van der Waals surface area contributed by atoms with Crippen LogP contribution in [0.2, 0.25) is 0 Å². The summed E-state index contributed by atoms with van der Waals surface area (Å²) in [6, 6.07) is 6.25. The number of ether oxygens (including phenoxy) is 1. The predicted molar refractivity (Wildman–Crippen MR) is 92.0 cm³/mol. The second-order valence-corrected chi connectivity index (χ2v) is 6.06. The molecule has 0 heterocycles. The molecule has 0 radical (unpaired) electrons. The van der Waals surface area contributed by atoms with Crippen molar-refractivity contribution < 1.29 is 14.5 Å². The molecular weight excluding hydrogens is 310 g/mol. The molecule has 1 saturated carbocycles. The van der Waals surface area contributed by atoms with Gasteiger partial charge in [0.25, 0.3) is 5.69 Å². The molecule has 1 fully saturated rings. The van der Waals surface area contributed by atoms with E-state index in [1.807, 2.05) is 0 Å². The Hall–Kier alpha value is -2.15. The summed E-state index contributed by atoms with van der Waals surface area (Å²) in [6.07, 6.45) is 4.61. The van der Waals surface area contributed by atoms with Crippen molar-refractivity contribution in [2.75, 3.05) is 31.6 Å². The number of nitro benzene ring substituents is 1. The van der Waals surface area contributed by atoms with E-state index in [2.05, 4.69) is 10.6 Å². The van der Waals surface area contributed by atoms with E-state index >= 15 is 0 Å². The van der Waals surface area contributed by atoms with Crippen molar-refractivity contribution in [1.82, 2.24) is 5.32 Å². The van der Waals surface area contributed by atoms with E-state index in [9.17, 15) is 14.9 Å². The molecule has 7 heteroatoms. The fraction of sp³-hybridized carbons (Fsp3) is 0.588. The smallest absolute Gasteiger partial charge is 0.269 e. The highest BCUT2D eigenvalue weighted by atomic mass is 16.6. The van der Waals surface area contributed by atoms with E-state index < -0.39 is 4.92 Å². The number of nitrogens with one attached hydrogen (secondary N) is 2. The van der Waals surface area contributed by atoms with Crippen molar-refractivity contribution >= 4 is 17.3 Å². The summed E-state index contributed by atoms with van der Waals surface area (Å²) in [7, 11) is 0. The molecule has 0 aromatic heterocycles. The Bertz CT molecular complexity index is 529. The maximum absolute atomic E-state index is 11.7. The Kier molecular flexibility index (Phi) is 7.48. The lowest BCUT2D eigenvalue weighted by Crippen LogP contribution is -2.25. The molecule has 1 aromatic carbocycles. The molecule has 1 aliphatic carbocycles. The van der Waals surface area contributed by atoms with Crippen LogP contribution in [0.15, 0.2) is 24.3 Å². The molecular formula is C17H25N3O4. The molecule has 1 amide bonds. The van der Waals surface area contributed by atoms with Gasteiger partial charge in [0.2, 0.25) is 5.91 Å². The van der Waals surface area contributed by atoms with Gasteiger partial charge >= 0.3 is 0 Å². The van der Waals surface area contributed by atoms with Crippen molar-refractivity contribution in [3.05, 3.63) is 34.4 Å². The van der Waals surface area contributed by atoms with Gasteiger partial charge in [0.1, 0.15) is 0 Å². The molecule has 0 bridgehead atoms. The second kappa shape index (κ2) is 9.87. The minimum absolute atomic E-state index is 0.0442. The zero-order valence-electron chi connectivity index (χ0n) is 13.8. The fourth-order valence-corrected chi connectivity index (χ4v) is 2.21. The van der Waals surface area contributed by atoms with E-state index in [-0.39, 0.29) is 11.6 Å². The summed E-state index contributed by atoms with van der Waals surface area (Å²) in [6.45, 7) is 2.87. The minimum Gasteiger partial charge on any atom is -0.385 e. The molecule has 132 valence electrons. The highest BCUT2D eigenvalue weighted by Gasteiger charge is 2.20. The standard InChI is InChI=1S/C17H25N3O4/c21-17(19-11-2-12-24-13-14-4-5-14)3-1-10-18-15-6-8-16(9-7-15)20(22)23/h6-9,14,18H,1-5,10-13H2,(H,19,21). The van der Waals surface area contributed by atoms with Gasteiger partial charge < -0.3 is 15.4 Å². The molecule has 0 unspecified atom stereocenters. The molecule has 2 N–H and O–H groups in total. The van der Waals surface area contributed by atoms with Crippen molar-refractivity contribution in [2.45, 2.75) is 32.1 Å². The van der Waals surface area contributed by atoms with Crippen LogP contribution in [0.3, 0.4) is 0 Å². The minimum atomic E-state index is -0.425. The Morgan fingerprint density at radius 3 is 2.62 bits per heavy atom. The molecule has 1 aromatic rings. The molecule has 0 saturated heterocycles. The normalized spacial score (nSPS) is 13.5. The molecule has 0 atom stereocenters. The van der Waals surface area contributed by atoms with Crippen LogP contribution in [0, 0.1) is 16.0 Å². The van der Waals surface area contributed by atoms with E-state index in [1.165, 1.54) is 25.0 Å². The number of hydrogen-bond donors (Lipinski definition) is 2. The number of amides is 1. The van der Waals surface area contributed by atoms with Gasteiger partial charge in [-0.15, -0.1) is 0 Å².